The van der Waals surface area contributed by atoms with E-state index in [9.17, 15) is 0 Å². The first-order chi connectivity index (χ1) is 6.79. The van der Waals surface area contributed by atoms with Crippen molar-refractivity contribution in [3.63, 3.8) is 0 Å². The fourth-order valence-corrected chi connectivity index (χ4v) is 1.55. The third-order valence-corrected chi connectivity index (χ3v) is 2.49. The van der Waals surface area contributed by atoms with Gasteiger partial charge in [0.25, 0.3) is 0 Å². The Hall–Kier alpha value is -0.860. The Morgan fingerprint density at radius 1 is 1.36 bits per heavy atom. The van der Waals surface area contributed by atoms with Crippen molar-refractivity contribution in [1.82, 2.24) is 5.32 Å². The molecule has 2 nitrogen and oxygen atoms in total. The summed E-state index contributed by atoms with van der Waals surface area (Å²) in [5.74, 6) is 0. The molecule has 1 rings (SSSR count). The van der Waals surface area contributed by atoms with Gasteiger partial charge in [0, 0.05) is 7.11 Å². The Morgan fingerprint density at radius 2 is 2.07 bits per heavy atom. The van der Waals surface area contributed by atoms with E-state index in [0.717, 1.165) is 13.0 Å². The second-order valence-electron chi connectivity index (χ2n) is 3.43. The number of nitrogens with one attached hydrogen (secondary N) is 1. The van der Waals surface area contributed by atoms with Crippen molar-refractivity contribution in [2.45, 2.75) is 19.4 Å². The average Bonchev–Trinajstić information content (AvgIpc) is 2.25. The van der Waals surface area contributed by atoms with Gasteiger partial charge in [0.1, 0.15) is 0 Å². The van der Waals surface area contributed by atoms with Crippen LogP contribution in [0.1, 0.15) is 24.2 Å². The summed E-state index contributed by atoms with van der Waals surface area (Å²) in [5.41, 5.74) is 2.67. The number of methoxy groups -OCH3 is 1. The van der Waals surface area contributed by atoms with Gasteiger partial charge < -0.3 is 10.1 Å². The van der Waals surface area contributed by atoms with Gasteiger partial charge in [-0.3, -0.25) is 0 Å². The lowest BCUT2D eigenvalue weighted by molar-refractivity contribution is 0.119. The van der Waals surface area contributed by atoms with Crippen LogP contribution in [0.25, 0.3) is 0 Å². The molecule has 0 aliphatic rings. The van der Waals surface area contributed by atoms with Crippen molar-refractivity contribution in [3.8, 4) is 0 Å². The number of hydrogen-bond acceptors (Lipinski definition) is 2. The van der Waals surface area contributed by atoms with E-state index < -0.39 is 0 Å². The summed E-state index contributed by atoms with van der Waals surface area (Å²) in [6.07, 6.45) is 1.24. The molecule has 0 aliphatic heterocycles. The monoisotopic (exact) mass is 193 g/mol. The number of ether oxygens (including phenoxy) is 1. The van der Waals surface area contributed by atoms with E-state index in [0.29, 0.717) is 0 Å². The van der Waals surface area contributed by atoms with Crippen LogP contribution in [0.2, 0.25) is 0 Å². The van der Waals surface area contributed by atoms with Crippen molar-refractivity contribution in [1.29, 1.82) is 0 Å². The van der Waals surface area contributed by atoms with Crippen LogP contribution in [-0.4, -0.2) is 20.7 Å². The first-order valence-electron chi connectivity index (χ1n) is 5.04. The van der Waals surface area contributed by atoms with E-state index in [2.05, 4.69) is 36.5 Å². The molecule has 0 spiro atoms. The Bertz CT molecular complexity index is 273. The fourth-order valence-electron chi connectivity index (χ4n) is 1.55. The fraction of sp³-hybridized carbons (Fsp3) is 0.500. The van der Waals surface area contributed by atoms with Gasteiger partial charge in [0.2, 0.25) is 0 Å². The van der Waals surface area contributed by atoms with Crippen LogP contribution in [0, 0.1) is 0 Å². The van der Waals surface area contributed by atoms with E-state index in [4.69, 9.17) is 4.74 Å². The standard InChI is InChI=1S/C12H19NO/c1-10(14-3)12-7-5-4-6-11(12)8-9-13-2/h4-7,10,13H,8-9H2,1-3H3. The predicted molar refractivity (Wildman–Crippen MR) is 59.5 cm³/mol. The van der Waals surface area contributed by atoms with Gasteiger partial charge in [-0.15, -0.1) is 0 Å². The van der Waals surface area contributed by atoms with E-state index >= 15 is 0 Å². The molecule has 0 heterocycles. The van der Waals surface area contributed by atoms with Crippen molar-refractivity contribution in [2.24, 2.45) is 0 Å². The maximum Gasteiger partial charge on any atom is 0.0795 e. The minimum Gasteiger partial charge on any atom is -0.377 e. The summed E-state index contributed by atoms with van der Waals surface area (Å²) in [5, 5.41) is 3.16. The summed E-state index contributed by atoms with van der Waals surface area (Å²) >= 11 is 0. The molecule has 0 aromatic heterocycles. The number of hydrogen-bond donors (Lipinski definition) is 1. The predicted octanol–water partition coefficient (Wildman–Crippen LogP) is 2.16. The quantitative estimate of drug-likeness (QED) is 0.773. The summed E-state index contributed by atoms with van der Waals surface area (Å²) in [7, 11) is 3.72. The molecule has 14 heavy (non-hydrogen) atoms. The van der Waals surface area contributed by atoms with Crippen LogP contribution >= 0.6 is 0 Å². The summed E-state index contributed by atoms with van der Waals surface area (Å²) in [6.45, 7) is 3.09. The minimum atomic E-state index is 0.183. The molecule has 1 aromatic carbocycles. The molecule has 0 amide bonds. The molecule has 0 saturated heterocycles. The number of likely N-dealkylation sites (N-methyl/N-ethyl adjacent to an activating group) is 1. The second-order valence-corrected chi connectivity index (χ2v) is 3.43. The highest BCUT2D eigenvalue weighted by atomic mass is 16.5. The van der Waals surface area contributed by atoms with E-state index in [-0.39, 0.29) is 6.10 Å². The Kier molecular flexibility index (Phi) is 4.63. The summed E-state index contributed by atoms with van der Waals surface area (Å²) in [6, 6.07) is 8.45. The highest BCUT2D eigenvalue weighted by molar-refractivity contribution is 5.29. The van der Waals surface area contributed by atoms with E-state index in [1.807, 2.05) is 7.05 Å². The molecule has 0 bridgehead atoms. The van der Waals surface area contributed by atoms with Gasteiger partial charge in [0.15, 0.2) is 0 Å². The number of benzene rings is 1. The Labute approximate surface area is 86.3 Å². The van der Waals surface area contributed by atoms with E-state index in [1.54, 1.807) is 7.11 Å². The lowest BCUT2D eigenvalue weighted by Gasteiger charge is -2.14. The first-order valence-corrected chi connectivity index (χ1v) is 5.04. The minimum absolute atomic E-state index is 0.183. The molecule has 1 N–H and O–H groups in total. The van der Waals surface area contributed by atoms with Crippen LogP contribution < -0.4 is 5.32 Å². The van der Waals surface area contributed by atoms with Crippen molar-refractivity contribution >= 4 is 0 Å². The Balaban J connectivity index is 2.79. The van der Waals surface area contributed by atoms with Crippen molar-refractivity contribution in [2.75, 3.05) is 20.7 Å². The zero-order chi connectivity index (χ0) is 10.4. The third-order valence-electron chi connectivity index (χ3n) is 2.49. The lowest BCUT2D eigenvalue weighted by atomic mass is 10.0. The van der Waals surface area contributed by atoms with Gasteiger partial charge in [-0.2, -0.15) is 0 Å². The van der Waals surface area contributed by atoms with Gasteiger partial charge >= 0.3 is 0 Å². The third kappa shape index (κ3) is 2.82. The average molecular weight is 193 g/mol. The molecule has 0 radical (unpaired) electrons. The van der Waals surface area contributed by atoms with E-state index in [1.165, 1.54) is 11.1 Å². The molecular formula is C12H19NO. The Morgan fingerprint density at radius 3 is 2.71 bits per heavy atom. The zero-order valence-corrected chi connectivity index (χ0v) is 9.21. The molecule has 0 fully saturated rings. The maximum atomic E-state index is 5.34. The number of rotatable bonds is 5. The highest BCUT2D eigenvalue weighted by Gasteiger charge is 2.07. The van der Waals surface area contributed by atoms with Gasteiger partial charge in [0.05, 0.1) is 6.10 Å². The highest BCUT2D eigenvalue weighted by Crippen LogP contribution is 2.20. The van der Waals surface area contributed by atoms with Gasteiger partial charge in [-0.25, -0.2) is 0 Å². The smallest absolute Gasteiger partial charge is 0.0795 e. The van der Waals surface area contributed by atoms with Crippen LogP contribution in [-0.2, 0) is 11.2 Å². The molecule has 0 aliphatic carbocycles. The molecule has 1 unspecified atom stereocenters. The summed E-state index contributed by atoms with van der Waals surface area (Å²) < 4.78 is 5.34. The van der Waals surface area contributed by atoms with Gasteiger partial charge in [-0.05, 0) is 38.1 Å². The van der Waals surface area contributed by atoms with Crippen LogP contribution in [0.15, 0.2) is 24.3 Å². The van der Waals surface area contributed by atoms with Crippen LogP contribution in [0.4, 0.5) is 0 Å². The van der Waals surface area contributed by atoms with Crippen molar-refractivity contribution in [3.05, 3.63) is 35.4 Å². The van der Waals surface area contributed by atoms with Crippen molar-refractivity contribution < 1.29 is 4.74 Å². The first kappa shape index (κ1) is 11.2. The molecule has 2 heteroatoms. The molecule has 78 valence electrons. The van der Waals surface area contributed by atoms with Gasteiger partial charge in [-0.1, -0.05) is 24.3 Å². The second kappa shape index (κ2) is 5.78. The normalized spacial score (nSPS) is 12.8. The maximum absolute atomic E-state index is 5.34. The molecular weight excluding hydrogens is 174 g/mol. The lowest BCUT2D eigenvalue weighted by Crippen LogP contribution is -2.12. The molecule has 1 aromatic rings. The topological polar surface area (TPSA) is 21.3 Å². The zero-order valence-electron chi connectivity index (χ0n) is 9.21. The SMILES string of the molecule is CNCCc1ccccc1C(C)OC. The summed E-state index contributed by atoms with van der Waals surface area (Å²) in [4.78, 5) is 0. The largest absolute Gasteiger partial charge is 0.377 e. The molecule has 0 saturated carbocycles. The van der Waals surface area contributed by atoms with Crippen LogP contribution in [0.5, 0.6) is 0 Å². The molecule has 1 atom stereocenters. The van der Waals surface area contributed by atoms with Crippen LogP contribution in [0.3, 0.4) is 0 Å².